The minimum Gasteiger partial charge on any atom is -0.207 e. The van der Waals surface area contributed by atoms with E-state index in [1.54, 1.807) is 6.07 Å². The van der Waals surface area contributed by atoms with Crippen molar-refractivity contribution in [3.05, 3.63) is 69.9 Å². The van der Waals surface area contributed by atoms with Gasteiger partial charge in [-0.25, -0.2) is 4.39 Å². The minimum absolute atomic E-state index is 0.0526. The largest absolute Gasteiger partial charge is 0.207 e. The summed E-state index contributed by atoms with van der Waals surface area (Å²) >= 11 is 10.7. The molecule has 2 aromatic carbocycles. The quantitative estimate of drug-likeness (QED) is 0.437. The van der Waals surface area contributed by atoms with Crippen LogP contribution in [0.2, 0.25) is 0 Å². The first-order chi connectivity index (χ1) is 10.1. The van der Waals surface area contributed by atoms with E-state index >= 15 is 0 Å². The molecule has 0 N–H and O–H groups in total. The fourth-order valence-electron chi connectivity index (χ4n) is 2.40. The molecule has 2 rings (SSSR count). The summed E-state index contributed by atoms with van der Waals surface area (Å²) in [6, 6.07) is 15.5. The Kier molecular flexibility index (Phi) is 6.45. The van der Waals surface area contributed by atoms with Gasteiger partial charge in [-0.2, -0.15) is 0 Å². The lowest BCUT2D eigenvalue weighted by Crippen LogP contribution is -2.31. The number of benzene rings is 2. The molecule has 0 radical (unpaired) electrons. The Balaban J connectivity index is 2.27. The summed E-state index contributed by atoms with van der Waals surface area (Å²) in [4.78, 5) is 0. The van der Waals surface area contributed by atoms with Crippen LogP contribution in [0.5, 0.6) is 0 Å². The highest BCUT2D eigenvalue weighted by atomic mass is 79.9. The molecule has 2 aromatic rings. The summed E-state index contributed by atoms with van der Waals surface area (Å²) in [6.07, 6.45) is 1.58. The van der Waals surface area contributed by atoms with Gasteiger partial charge in [-0.05, 0) is 47.6 Å². The molecule has 0 heterocycles. The molecule has 0 amide bonds. The molecule has 0 aliphatic carbocycles. The molecule has 0 unspecified atom stereocenters. The Morgan fingerprint density at radius 1 is 0.905 bits per heavy atom. The molecule has 112 valence electrons. The number of hydrogen-bond donors (Lipinski definition) is 0. The van der Waals surface area contributed by atoms with Crippen molar-refractivity contribution in [2.75, 3.05) is 10.7 Å². The summed E-state index contributed by atoms with van der Waals surface area (Å²) in [6.45, 7) is 0. The van der Waals surface area contributed by atoms with Crippen LogP contribution in [0.15, 0.2) is 53.0 Å². The van der Waals surface area contributed by atoms with E-state index in [0.29, 0.717) is 6.42 Å². The van der Waals surface area contributed by atoms with E-state index in [-0.39, 0.29) is 11.2 Å². The summed E-state index contributed by atoms with van der Waals surface area (Å²) in [5.74, 6) is -0.141. The lowest BCUT2D eigenvalue weighted by molar-refractivity contribution is 0.378. The van der Waals surface area contributed by atoms with E-state index in [0.717, 1.165) is 27.1 Å². The molecule has 0 saturated heterocycles. The van der Waals surface area contributed by atoms with Gasteiger partial charge in [0, 0.05) is 15.1 Å². The first kappa shape index (κ1) is 17.2. The molecule has 4 heteroatoms. The molecular weight excluding hydrogens is 463 g/mol. The van der Waals surface area contributed by atoms with Crippen LogP contribution in [-0.4, -0.2) is 10.7 Å². The minimum atomic E-state index is -0.141. The molecule has 0 aliphatic heterocycles. The average molecular weight is 479 g/mol. The summed E-state index contributed by atoms with van der Waals surface area (Å²) < 4.78 is 15.0. The fourth-order valence-corrected chi connectivity index (χ4v) is 4.53. The van der Waals surface area contributed by atoms with Gasteiger partial charge in [-0.15, -0.1) is 0 Å². The lowest BCUT2D eigenvalue weighted by Gasteiger charge is -2.30. The second kappa shape index (κ2) is 7.89. The molecule has 0 aliphatic rings. The van der Waals surface area contributed by atoms with Gasteiger partial charge in [0.25, 0.3) is 0 Å². The van der Waals surface area contributed by atoms with E-state index in [1.165, 1.54) is 11.6 Å². The number of hydrogen-bond acceptors (Lipinski definition) is 0. The van der Waals surface area contributed by atoms with Gasteiger partial charge in [-0.3, -0.25) is 0 Å². The highest BCUT2D eigenvalue weighted by Gasteiger charge is 2.29. The normalized spacial score (nSPS) is 11.6. The standard InChI is InChI=1S/C17H16Br3F/c18-11-17(12-19,9-13-4-2-1-3-5-13)10-14-8-15(20)6-7-16(14)21/h1-8H,9-12H2. The molecule has 0 aromatic heterocycles. The van der Waals surface area contributed by atoms with Crippen molar-refractivity contribution >= 4 is 47.8 Å². The Hall–Kier alpha value is -0.190. The maximum atomic E-state index is 14.1. The summed E-state index contributed by atoms with van der Waals surface area (Å²) in [5, 5.41) is 1.62. The molecule has 0 spiro atoms. The fraction of sp³-hybridized carbons (Fsp3) is 0.294. The van der Waals surface area contributed by atoms with Crippen LogP contribution < -0.4 is 0 Å². The zero-order valence-electron chi connectivity index (χ0n) is 11.5. The van der Waals surface area contributed by atoms with Gasteiger partial charge in [0.1, 0.15) is 5.82 Å². The monoisotopic (exact) mass is 476 g/mol. The van der Waals surface area contributed by atoms with Crippen molar-refractivity contribution < 1.29 is 4.39 Å². The average Bonchev–Trinajstić information content (AvgIpc) is 2.51. The number of alkyl halides is 2. The van der Waals surface area contributed by atoms with E-state index in [2.05, 4.69) is 59.9 Å². The smallest absolute Gasteiger partial charge is 0.126 e. The van der Waals surface area contributed by atoms with Crippen molar-refractivity contribution in [2.24, 2.45) is 5.41 Å². The first-order valence-electron chi connectivity index (χ1n) is 6.68. The van der Waals surface area contributed by atoms with Crippen LogP contribution in [0.3, 0.4) is 0 Å². The summed E-state index contributed by atoms with van der Waals surface area (Å²) in [7, 11) is 0. The zero-order chi connectivity index (χ0) is 15.3. The Morgan fingerprint density at radius 3 is 2.19 bits per heavy atom. The molecular formula is C17H16Br3F. The van der Waals surface area contributed by atoms with Crippen molar-refractivity contribution in [2.45, 2.75) is 12.8 Å². The molecule has 0 saturated carbocycles. The third-order valence-electron chi connectivity index (χ3n) is 3.56. The van der Waals surface area contributed by atoms with Crippen LogP contribution in [-0.2, 0) is 12.8 Å². The zero-order valence-corrected chi connectivity index (χ0v) is 16.2. The third-order valence-corrected chi connectivity index (χ3v) is 6.43. The lowest BCUT2D eigenvalue weighted by atomic mass is 9.80. The Labute approximate surface area is 150 Å². The van der Waals surface area contributed by atoms with Crippen LogP contribution in [0.4, 0.5) is 4.39 Å². The van der Waals surface area contributed by atoms with Gasteiger partial charge in [0.15, 0.2) is 0 Å². The van der Waals surface area contributed by atoms with Crippen LogP contribution in [0, 0.1) is 11.2 Å². The molecule has 0 fully saturated rings. The predicted molar refractivity (Wildman–Crippen MR) is 98.0 cm³/mol. The van der Waals surface area contributed by atoms with Crippen molar-refractivity contribution in [3.8, 4) is 0 Å². The topological polar surface area (TPSA) is 0 Å². The first-order valence-corrected chi connectivity index (χ1v) is 9.72. The van der Waals surface area contributed by atoms with Crippen molar-refractivity contribution in [1.82, 2.24) is 0 Å². The van der Waals surface area contributed by atoms with Gasteiger partial charge in [0.05, 0.1) is 0 Å². The van der Waals surface area contributed by atoms with Gasteiger partial charge >= 0.3 is 0 Å². The van der Waals surface area contributed by atoms with E-state index in [4.69, 9.17) is 0 Å². The highest BCUT2D eigenvalue weighted by molar-refractivity contribution is 9.10. The third kappa shape index (κ3) is 4.64. The van der Waals surface area contributed by atoms with Gasteiger partial charge in [-0.1, -0.05) is 78.1 Å². The Bertz CT molecular complexity index is 580. The number of rotatable bonds is 6. The summed E-state index contributed by atoms with van der Waals surface area (Å²) in [5.41, 5.74) is 1.97. The maximum absolute atomic E-state index is 14.1. The van der Waals surface area contributed by atoms with E-state index in [1.807, 2.05) is 24.3 Å². The highest BCUT2D eigenvalue weighted by Crippen LogP contribution is 2.33. The predicted octanol–water partition coefficient (Wildman–Crippen LogP) is 6.15. The van der Waals surface area contributed by atoms with Crippen molar-refractivity contribution in [1.29, 1.82) is 0 Å². The SMILES string of the molecule is Fc1ccc(Br)cc1CC(CBr)(CBr)Cc1ccccc1. The molecule has 0 atom stereocenters. The van der Waals surface area contributed by atoms with Crippen LogP contribution in [0.1, 0.15) is 11.1 Å². The van der Waals surface area contributed by atoms with E-state index < -0.39 is 0 Å². The van der Waals surface area contributed by atoms with Gasteiger partial charge < -0.3 is 0 Å². The second-order valence-electron chi connectivity index (χ2n) is 5.34. The number of halogens is 4. The molecule has 21 heavy (non-hydrogen) atoms. The molecule has 0 bridgehead atoms. The van der Waals surface area contributed by atoms with E-state index in [9.17, 15) is 4.39 Å². The van der Waals surface area contributed by atoms with Crippen LogP contribution >= 0.6 is 47.8 Å². The van der Waals surface area contributed by atoms with Crippen molar-refractivity contribution in [3.63, 3.8) is 0 Å². The van der Waals surface area contributed by atoms with Crippen LogP contribution in [0.25, 0.3) is 0 Å². The van der Waals surface area contributed by atoms with Gasteiger partial charge in [0.2, 0.25) is 0 Å². The maximum Gasteiger partial charge on any atom is 0.126 e. The second-order valence-corrected chi connectivity index (χ2v) is 7.38. The molecule has 0 nitrogen and oxygen atoms in total. The Morgan fingerprint density at radius 2 is 1.57 bits per heavy atom.